The Morgan fingerprint density at radius 3 is 2.69 bits per heavy atom. The number of allylic oxidation sites excluding steroid dienone is 2. The van der Waals surface area contributed by atoms with Crippen LogP contribution in [0.25, 0.3) is 17.0 Å². The second-order valence-electron chi connectivity index (χ2n) is 6.10. The molecule has 7 heteroatoms. The third-order valence-electron chi connectivity index (χ3n) is 4.20. The number of methoxy groups -OCH3 is 1. The molecule has 0 spiro atoms. The Labute approximate surface area is 167 Å². The van der Waals surface area contributed by atoms with Gasteiger partial charge in [0.1, 0.15) is 5.76 Å². The van der Waals surface area contributed by atoms with Gasteiger partial charge in [0, 0.05) is 17.3 Å². The van der Waals surface area contributed by atoms with E-state index in [1.54, 1.807) is 25.5 Å². The molecule has 0 aliphatic rings. The van der Waals surface area contributed by atoms with Crippen molar-refractivity contribution in [3.63, 3.8) is 0 Å². The molecule has 3 rings (SSSR count). The molecule has 0 fully saturated rings. The van der Waals surface area contributed by atoms with Gasteiger partial charge in [-0.15, -0.1) is 0 Å². The number of rotatable bonds is 6. The first-order valence-electron chi connectivity index (χ1n) is 8.74. The van der Waals surface area contributed by atoms with Crippen molar-refractivity contribution in [2.24, 2.45) is 0 Å². The zero-order valence-electron chi connectivity index (χ0n) is 16.0. The maximum absolute atomic E-state index is 13.7. The molecule has 0 atom stereocenters. The van der Waals surface area contributed by atoms with E-state index in [1.807, 2.05) is 25.1 Å². The summed E-state index contributed by atoms with van der Waals surface area (Å²) in [4.78, 5) is 24.4. The van der Waals surface area contributed by atoms with Gasteiger partial charge in [-0.2, -0.15) is 0 Å². The minimum Gasteiger partial charge on any atom is -0.496 e. The molecule has 0 unspecified atom stereocenters. The maximum atomic E-state index is 13.7. The van der Waals surface area contributed by atoms with Gasteiger partial charge in [0.25, 0.3) is 5.91 Å². The first-order valence-corrected chi connectivity index (χ1v) is 8.74. The Balaban J connectivity index is 1.85. The monoisotopic (exact) mass is 390 g/mol. The van der Waals surface area contributed by atoms with Gasteiger partial charge in [0.2, 0.25) is 0 Å². The van der Waals surface area contributed by atoms with E-state index in [0.717, 1.165) is 22.9 Å². The smallest absolute Gasteiger partial charge is 0.259 e. The highest BCUT2D eigenvalue weighted by atomic mass is 19.1. The van der Waals surface area contributed by atoms with Crippen LogP contribution in [0.15, 0.2) is 67.8 Å². The van der Waals surface area contributed by atoms with Crippen LogP contribution in [0, 0.1) is 12.7 Å². The van der Waals surface area contributed by atoms with E-state index in [2.05, 4.69) is 26.8 Å². The van der Waals surface area contributed by atoms with Crippen LogP contribution in [0.3, 0.4) is 0 Å². The molecule has 1 aromatic carbocycles. The van der Waals surface area contributed by atoms with Crippen molar-refractivity contribution in [1.82, 2.24) is 15.0 Å². The van der Waals surface area contributed by atoms with Crippen LogP contribution < -0.4 is 5.32 Å². The molecule has 1 N–H and O–H groups in total. The van der Waals surface area contributed by atoms with E-state index in [-0.39, 0.29) is 11.4 Å². The van der Waals surface area contributed by atoms with Gasteiger partial charge in [-0.1, -0.05) is 24.8 Å². The Morgan fingerprint density at radius 1 is 1.21 bits per heavy atom. The molecule has 0 bridgehead atoms. The summed E-state index contributed by atoms with van der Waals surface area (Å²) in [6.07, 6.45) is 8.73. The summed E-state index contributed by atoms with van der Waals surface area (Å²) in [6, 6.07) is 7.15. The lowest BCUT2D eigenvalue weighted by molar-refractivity contribution is 0.102. The fraction of sp³-hybridized carbons (Fsp3) is 0.0909. The summed E-state index contributed by atoms with van der Waals surface area (Å²) in [5.41, 5.74) is 3.27. The maximum Gasteiger partial charge on any atom is 0.259 e. The predicted octanol–water partition coefficient (Wildman–Crippen LogP) is 4.41. The number of aromatic nitrogens is 3. The number of aryl methyl sites for hydroxylation is 1. The number of halogens is 1. The Kier molecular flexibility index (Phi) is 6.09. The highest BCUT2D eigenvalue weighted by Crippen LogP contribution is 2.26. The van der Waals surface area contributed by atoms with Crippen molar-refractivity contribution in [3.8, 4) is 11.3 Å². The minimum absolute atomic E-state index is 0.115. The van der Waals surface area contributed by atoms with Crippen molar-refractivity contribution in [3.05, 3.63) is 90.3 Å². The molecule has 2 heterocycles. The Bertz CT molecular complexity index is 1080. The molecular formula is C22H19FN4O2. The molecule has 0 radical (unpaired) electrons. The largest absolute Gasteiger partial charge is 0.496 e. The highest BCUT2D eigenvalue weighted by molar-refractivity contribution is 6.03. The fourth-order valence-corrected chi connectivity index (χ4v) is 2.72. The number of nitrogens with one attached hydrogen (secondary N) is 1. The van der Waals surface area contributed by atoms with Crippen LogP contribution in [-0.2, 0) is 4.74 Å². The number of anilines is 1. The number of amides is 1. The number of ether oxygens (including phenoxy) is 1. The van der Waals surface area contributed by atoms with E-state index < -0.39 is 11.7 Å². The zero-order chi connectivity index (χ0) is 20.8. The molecule has 6 nitrogen and oxygen atoms in total. The second-order valence-corrected chi connectivity index (χ2v) is 6.10. The van der Waals surface area contributed by atoms with Gasteiger partial charge < -0.3 is 10.1 Å². The van der Waals surface area contributed by atoms with Crippen LogP contribution in [0.5, 0.6) is 0 Å². The number of hydrogen-bond acceptors (Lipinski definition) is 5. The number of nitrogens with zero attached hydrogens (tertiary/aromatic N) is 3. The number of benzene rings is 1. The third-order valence-corrected chi connectivity index (χ3v) is 4.20. The van der Waals surface area contributed by atoms with Crippen molar-refractivity contribution < 1.29 is 13.9 Å². The van der Waals surface area contributed by atoms with Crippen molar-refractivity contribution in [2.45, 2.75) is 6.92 Å². The lowest BCUT2D eigenvalue weighted by Gasteiger charge is -2.11. The first-order chi connectivity index (χ1) is 14.0. The molecule has 1 amide bonds. The number of carbonyl (C=O) groups excluding carboxylic acids is 1. The average Bonchev–Trinajstić information content (AvgIpc) is 2.73. The summed E-state index contributed by atoms with van der Waals surface area (Å²) >= 11 is 0. The van der Waals surface area contributed by atoms with E-state index in [9.17, 15) is 9.18 Å². The SMILES string of the molecule is C=C/C=C(\OC)c1ccc(C)c(-c2cnc(NC(=O)c3ccncc3F)cn2)c1. The van der Waals surface area contributed by atoms with Gasteiger partial charge in [-0.3, -0.25) is 14.8 Å². The minimum atomic E-state index is -0.705. The average molecular weight is 390 g/mol. The fourth-order valence-electron chi connectivity index (χ4n) is 2.72. The second kappa shape index (κ2) is 8.88. The zero-order valence-corrected chi connectivity index (χ0v) is 16.0. The quantitative estimate of drug-likeness (QED) is 0.498. The number of pyridine rings is 1. The van der Waals surface area contributed by atoms with Gasteiger partial charge in [0.15, 0.2) is 11.6 Å². The van der Waals surface area contributed by atoms with Crippen LogP contribution in [-0.4, -0.2) is 28.0 Å². The molecule has 0 aliphatic carbocycles. The Morgan fingerprint density at radius 2 is 2.03 bits per heavy atom. The van der Waals surface area contributed by atoms with Gasteiger partial charge in [-0.05, 0) is 30.7 Å². The van der Waals surface area contributed by atoms with Crippen molar-refractivity contribution >= 4 is 17.5 Å². The molecule has 29 heavy (non-hydrogen) atoms. The highest BCUT2D eigenvalue weighted by Gasteiger charge is 2.13. The molecule has 3 aromatic rings. The van der Waals surface area contributed by atoms with Crippen molar-refractivity contribution in [2.75, 3.05) is 12.4 Å². The standard InChI is InChI=1S/C22H19FN4O2/c1-4-5-20(29-3)15-7-6-14(2)17(10-15)19-12-26-21(13-25-19)27-22(28)16-8-9-24-11-18(16)23/h4-13H,1H2,2-3H3,(H,26,27,28)/b20-5-. The van der Waals surface area contributed by atoms with E-state index in [0.29, 0.717) is 11.5 Å². The van der Waals surface area contributed by atoms with Crippen LogP contribution in [0.2, 0.25) is 0 Å². The molecule has 0 aliphatic heterocycles. The van der Waals surface area contributed by atoms with Gasteiger partial charge >= 0.3 is 0 Å². The predicted molar refractivity (Wildman–Crippen MR) is 110 cm³/mol. The van der Waals surface area contributed by atoms with E-state index >= 15 is 0 Å². The Hall–Kier alpha value is -3.87. The lowest BCUT2D eigenvalue weighted by atomic mass is 10.0. The first kappa shape index (κ1) is 19.9. The van der Waals surface area contributed by atoms with Crippen LogP contribution >= 0.6 is 0 Å². The number of hydrogen-bond donors (Lipinski definition) is 1. The van der Waals surface area contributed by atoms with Gasteiger partial charge in [0.05, 0.1) is 37.0 Å². The third kappa shape index (κ3) is 4.52. The normalized spacial score (nSPS) is 11.1. The topological polar surface area (TPSA) is 77.0 Å². The van der Waals surface area contributed by atoms with Crippen LogP contribution in [0.4, 0.5) is 10.2 Å². The van der Waals surface area contributed by atoms with Crippen molar-refractivity contribution in [1.29, 1.82) is 0 Å². The summed E-state index contributed by atoms with van der Waals surface area (Å²) in [6.45, 7) is 5.66. The molecule has 2 aromatic heterocycles. The molecule has 0 saturated carbocycles. The van der Waals surface area contributed by atoms with Gasteiger partial charge in [-0.25, -0.2) is 9.37 Å². The van der Waals surface area contributed by atoms with E-state index in [4.69, 9.17) is 4.74 Å². The van der Waals surface area contributed by atoms with E-state index in [1.165, 1.54) is 18.5 Å². The summed E-state index contributed by atoms with van der Waals surface area (Å²) in [5, 5.41) is 2.53. The molecule has 146 valence electrons. The van der Waals surface area contributed by atoms with Crippen LogP contribution in [0.1, 0.15) is 21.5 Å². The summed E-state index contributed by atoms with van der Waals surface area (Å²) in [5.74, 6) is -0.432. The molecular weight excluding hydrogens is 371 g/mol. The summed E-state index contributed by atoms with van der Waals surface area (Å²) in [7, 11) is 1.60. The number of carbonyl (C=O) groups is 1. The summed E-state index contributed by atoms with van der Waals surface area (Å²) < 4.78 is 19.1. The lowest BCUT2D eigenvalue weighted by Crippen LogP contribution is -2.15. The molecule has 0 saturated heterocycles.